The van der Waals surface area contributed by atoms with Gasteiger partial charge in [0.2, 0.25) is 0 Å². The smallest absolute Gasteiger partial charge is 0.128 e. The summed E-state index contributed by atoms with van der Waals surface area (Å²) in [6.07, 6.45) is 8.91. The zero-order chi connectivity index (χ0) is 17.4. The van der Waals surface area contributed by atoms with E-state index in [2.05, 4.69) is 80.1 Å². The Morgan fingerprint density at radius 2 is 2.08 bits per heavy atom. The third kappa shape index (κ3) is 5.27. The fourth-order valence-electron chi connectivity index (χ4n) is 3.21. The highest BCUT2D eigenvalue weighted by Gasteiger charge is 2.13. The molecule has 0 fully saturated rings. The number of hydrogen-bond donors (Lipinski definition) is 2. The molecule has 0 radical (unpaired) electrons. The van der Waals surface area contributed by atoms with Gasteiger partial charge < -0.3 is 5.32 Å². The minimum absolute atomic E-state index is 0.280. The number of benzene rings is 1. The van der Waals surface area contributed by atoms with Gasteiger partial charge >= 0.3 is 0 Å². The molecule has 1 N–H and O–H groups in total. The Labute approximate surface area is 152 Å². The maximum atomic E-state index is 4.59. The average molecular weight is 343 g/mol. The van der Waals surface area contributed by atoms with Gasteiger partial charge in [0, 0.05) is 17.4 Å². The van der Waals surface area contributed by atoms with Crippen molar-refractivity contribution in [3.8, 4) is 0 Å². The minimum atomic E-state index is 0.280. The molecule has 3 heteroatoms. The Balaban J connectivity index is 2.19. The van der Waals surface area contributed by atoms with Crippen LogP contribution in [0.25, 0.3) is 0 Å². The van der Waals surface area contributed by atoms with Crippen LogP contribution >= 0.6 is 12.6 Å². The third-order valence-corrected chi connectivity index (χ3v) is 4.45. The summed E-state index contributed by atoms with van der Waals surface area (Å²) in [5, 5.41) is 3.68. The largest absolute Gasteiger partial charge is 0.368 e. The SMILES string of the molecule is CC/C=C(CC)\C(=C/C(C)S)CCc1ccccc1C1=NCCN1. The quantitative estimate of drug-likeness (QED) is 0.506. The standard InChI is InChI=1S/C21H30N2S/c1-4-8-17(5-2)19(15-16(3)24)12-11-18-9-6-7-10-20(18)21-22-13-14-23-21/h6-10,15-16,24H,4-5,11-14H2,1-3H3,(H,22,23)/b17-8-,19-15-. The number of thiol groups is 1. The highest BCUT2D eigenvalue weighted by atomic mass is 32.1. The van der Waals surface area contributed by atoms with E-state index >= 15 is 0 Å². The van der Waals surface area contributed by atoms with E-state index in [1.807, 2.05) is 0 Å². The van der Waals surface area contributed by atoms with Crippen molar-refractivity contribution in [2.75, 3.05) is 13.1 Å². The van der Waals surface area contributed by atoms with Gasteiger partial charge in [-0.05, 0) is 49.3 Å². The Hall–Kier alpha value is -1.48. The van der Waals surface area contributed by atoms with Crippen molar-refractivity contribution in [3.63, 3.8) is 0 Å². The maximum absolute atomic E-state index is 4.59. The molecule has 130 valence electrons. The van der Waals surface area contributed by atoms with Crippen LogP contribution in [0.3, 0.4) is 0 Å². The number of rotatable bonds is 8. The van der Waals surface area contributed by atoms with Crippen LogP contribution in [0.1, 0.15) is 51.2 Å². The first-order chi connectivity index (χ1) is 11.7. The van der Waals surface area contributed by atoms with Crippen LogP contribution in [0.15, 0.2) is 52.6 Å². The van der Waals surface area contributed by atoms with E-state index < -0.39 is 0 Å². The van der Waals surface area contributed by atoms with E-state index in [1.165, 1.54) is 22.3 Å². The van der Waals surface area contributed by atoms with E-state index in [1.54, 1.807) is 0 Å². The summed E-state index contributed by atoms with van der Waals surface area (Å²) in [4.78, 5) is 4.59. The Kier molecular flexibility index (Phi) is 7.64. The lowest BCUT2D eigenvalue weighted by Gasteiger charge is -2.15. The first-order valence-corrected chi connectivity index (χ1v) is 9.62. The van der Waals surface area contributed by atoms with Gasteiger partial charge in [0.1, 0.15) is 5.84 Å². The summed E-state index contributed by atoms with van der Waals surface area (Å²) in [7, 11) is 0. The number of hydrogen-bond acceptors (Lipinski definition) is 3. The lowest BCUT2D eigenvalue weighted by atomic mass is 9.93. The Bertz CT molecular complexity index is 626. The van der Waals surface area contributed by atoms with Gasteiger partial charge in [-0.15, -0.1) is 0 Å². The van der Waals surface area contributed by atoms with Crippen molar-refractivity contribution in [1.29, 1.82) is 0 Å². The molecule has 24 heavy (non-hydrogen) atoms. The molecule has 0 saturated heterocycles. The summed E-state index contributed by atoms with van der Waals surface area (Å²) >= 11 is 4.58. The highest BCUT2D eigenvalue weighted by Crippen LogP contribution is 2.24. The molecule has 1 aromatic carbocycles. The number of aryl methyl sites for hydroxylation is 1. The first kappa shape index (κ1) is 18.9. The molecule has 1 atom stereocenters. The monoisotopic (exact) mass is 342 g/mol. The summed E-state index contributed by atoms with van der Waals surface area (Å²) in [6, 6.07) is 8.64. The molecule has 0 aliphatic carbocycles. The van der Waals surface area contributed by atoms with Gasteiger partial charge in [0.05, 0.1) is 6.54 Å². The second kappa shape index (κ2) is 9.73. The molecular weight excluding hydrogens is 312 g/mol. The van der Waals surface area contributed by atoms with Crippen molar-refractivity contribution in [2.45, 2.75) is 51.7 Å². The molecule has 0 aromatic heterocycles. The van der Waals surface area contributed by atoms with Crippen LogP contribution in [0.4, 0.5) is 0 Å². The predicted molar refractivity (Wildman–Crippen MR) is 109 cm³/mol. The molecule has 0 amide bonds. The van der Waals surface area contributed by atoms with Crippen molar-refractivity contribution < 1.29 is 0 Å². The zero-order valence-corrected chi connectivity index (χ0v) is 16.1. The fraction of sp³-hybridized carbons (Fsp3) is 0.476. The number of aliphatic imine (C=N–C) groups is 1. The van der Waals surface area contributed by atoms with Gasteiger partial charge in [-0.3, -0.25) is 4.99 Å². The number of allylic oxidation sites excluding steroid dienone is 3. The topological polar surface area (TPSA) is 24.4 Å². The molecule has 1 unspecified atom stereocenters. The van der Waals surface area contributed by atoms with E-state index in [0.29, 0.717) is 0 Å². The van der Waals surface area contributed by atoms with Crippen LogP contribution < -0.4 is 5.32 Å². The zero-order valence-electron chi connectivity index (χ0n) is 15.2. The molecule has 0 bridgehead atoms. The number of nitrogens with one attached hydrogen (secondary N) is 1. The molecule has 1 aromatic rings. The minimum Gasteiger partial charge on any atom is -0.368 e. The van der Waals surface area contributed by atoms with Crippen molar-refractivity contribution in [3.05, 3.63) is 58.7 Å². The average Bonchev–Trinajstić information content (AvgIpc) is 3.11. The van der Waals surface area contributed by atoms with Crippen LogP contribution in [0.2, 0.25) is 0 Å². The molecular formula is C21H30N2S. The number of amidine groups is 1. The molecule has 1 aliphatic heterocycles. The molecule has 2 nitrogen and oxygen atoms in total. The Morgan fingerprint density at radius 1 is 1.29 bits per heavy atom. The van der Waals surface area contributed by atoms with Gasteiger partial charge in [0.15, 0.2) is 0 Å². The van der Waals surface area contributed by atoms with Crippen LogP contribution in [-0.2, 0) is 6.42 Å². The maximum Gasteiger partial charge on any atom is 0.128 e. The van der Waals surface area contributed by atoms with Crippen molar-refractivity contribution in [1.82, 2.24) is 5.32 Å². The first-order valence-electron chi connectivity index (χ1n) is 9.10. The van der Waals surface area contributed by atoms with Crippen molar-refractivity contribution >= 4 is 18.5 Å². The fourth-order valence-corrected chi connectivity index (χ4v) is 3.39. The molecule has 2 rings (SSSR count). The van der Waals surface area contributed by atoms with Gasteiger partial charge in [0.25, 0.3) is 0 Å². The molecule has 1 aliphatic rings. The van der Waals surface area contributed by atoms with Gasteiger partial charge in [-0.2, -0.15) is 12.6 Å². The van der Waals surface area contributed by atoms with E-state index in [0.717, 1.165) is 44.6 Å². The van der Waals surface area contributed by atoms with Gasteiger partial charge in [-0.1, -0.05) is 50.3 Å². The number of nitrogens with zero attached hydrogens (tertiary/aromatic N) is 1. The second-order valence-electron chi connectivity index (χ2n) is 6.24. The summed E-state index contributed by atoms with van der Waals surface area (Å²) in [5.74, 6) is 1.05. The lowest BCUT2D eigenvalue weighted by Crippen LogP contribution is -2.20. The predicted octanol–water partition coefficient (Wildman–Crippen LogP) is 4.96. The molecule has 1 heterocycles. The van der Waals surface area contributed by atoms with E-state index in [4.69, 9.17) is 0 Å². The van der Waals surface area contributed by atoms with E-state index in [9.17, 15) is 0 Å². The third-order valence-electron chi connectivity index (χ3n) is 4.30. The lowest BCUT2D eigenvalue weighted by molar-refractivity contribution is 0.904. The summed E-state index contributed by atoms with van der Waals surface area (Å²) < 4.78 is 0. The second-order valence-corrected chi connectivity index (χ2v) is 7.05. The normalized spacial score (nSPS) is 16.8. The van der Waals surface area contributed by atoms with Crippen LogP contribution in [0.5, 0.6) is 0 Å². The molecule has 0 saturated carbocycles. The van der Waals surface area contributed by atoms with E-state index in [-0.39, 0.29) is 5.25 Å². The summed E-state index contributed by atoms with van der Waals surface area (Å²) in [6.45, 7) is 8.41. The van der Waals surface area contributed by atoms with Gasteiger partial charge in [-0.25, -0.2) is 0 Å². The Morgan fingerprint density at radius 3 is 2.71 bits per heavy atom. The van der Waals surface area contributed by atoms with Crippen molar-refractivity contribution in [2.24, 2.45) is 4.99 Å². The van der Waals surface area contributed by atoms with Crippen LogP contribution in [-0.4, -0.2) is 24.2 Å². The molecule has 0 spiro atoms. The highest BCUT2D eigenvalue weighted by molar-refractivity contribution is 7.81. The van der Waals surface area contributed by atoms with Crippen LogP contribution in [0, 0.1) is 0 Å². The summed E-state index contributed by atoms with van der Waals surface area (Å²) in [5.41, 5.74) is 5.53.